The summed E-state index contributed by atoms with van der Waals surface area (Å²) in [5.74, 6) is 1.34. The van der Waals surface area contributed by atoms with Crippen LogP contribution in [0.25, 0.3) is 0 Å². The van der Waals surface area contributed by atoms with Crippen molar-refractivity contribution >= 4 is 35.4 Å². The van der Waals surface area contributed by atoms with Gasteiger partial charge in [-0.3, -0.25) is 9.67 Å². The summed E-state index contributed by atoms with van der Waals surface area (Å²) in [7, 11) is 0. The number of rotatable bonds is 5. The van der Waals surface area contributed by atoms with Crippen molar-refractivity contribution in [3.05, 3.63) is 74.7 Å². The Kier molecular flexibility index (Phi) is 5.23. The summed E-state index contributed by atoms with van der Waals surface area (Å²) in [5.41, 5.74) is 1.14. The van der Waals surface area contributed by atoms with Gasteiger partial charge in [-0.2, -0.15) is 5.10 Å². The molecule has 0 aliphatic rings. The van der Waals surface area contributed by atoms with Crippen LogP contribution in [0.2, 0.25) is 10.0 Å². The van der Waals surface area contributed by atoms with Gasteiger partial charge in [-0.1, -0.05) is 53.5 Å². The van der Waals surface area contributed by atoms with Crippen LogP contribution in [0.5, 0.6) is 5.75 Å². The maximum atomic E-state index is 6.03. The van der Waals surface area contributed by atoms with Crippen LogP contribution in [0.15, 0.2) is 48.5 Å². The van der Waals surface area contributed by atoms with Crippen LogP contribution in [0.4, 0.5) is 0 Å². The molecule has 1 aromatic heterocycles. The van der Waals surface area contributed by atoms with E-state index >= 15 is 0 Å². The molecule has 0 spiro atoms. The van der Waals surface area contributed by atoms with Crippen LogP contribution in [-0.4, -0.2) is 14.8 Å². The molecule has 7 heteroatoms. The molecule has 0 amide bonds. The van der Waals surface area contributed by atoms with Crippen molar-refractivity contribution in [2.24, 2.45) is 0 Å². The summed E-state index contributed by atoms with van der Waals surface area (Å²) in [4.78, 5) is 0. The normalized spacial score (nSPS) is 12.1. The van der Waals surface area contributed by atoms with Crippen LogP contribution in [0.3, 0.4) is 0 Å². The third-order valence-electron chi connectivity index (χ3n) is 3.54. The molecule has 0 aliphatic heterocycles. The predicted octanol–water partition coefficient (Wildman–Crippen LogP) is 5.44. The molecule has 124 valence electrons. The maximum Gasteiger partial charge on any atom is 0.195 e. The van der Waals surface area contributed by atoms with Gasteiger partial charge in [0.2, 0.25) is 0 Å². The van der Waals surface area contributed by atoms with Crippen LogP contribution in [0.1, 0.15) is 24.4 Å². The Morgan fingerprint density at radius 1 is 1.17 bits per heavy atom. The monoisotopic (exact) mass is 379 g/mol. The zero-order chi connectivity index (χ0) is 17.1. The lowest BCUT2D eigenvalue weighted by atomic mass is 10.2. The lowest BCUT2D eigenvalue weighted by molar-refractivity contribution is 0.211. The number of nitrogens with zero attached hydrogens (tertiary/aromatic N) is 2. The molecular weight excluding hydrogens is 365 g/mol. The van der Waals surface area contributed by atoms with Crippen LogP contribution < -0.4 is 4.74 Å². The smallest absolute Gasteiger partial charge is 0.195 e. The van der Waals surface area contributed by atoms with Gasteiger partial charge >= 0.3 is 0 Å². The van der Waals surface area contributed by atoms with Crippen molar-refractivity contribution in [2.75, 3.05) is 0 Å². The molecule has 24 heavy (non-hydrogen) atoms. The zero-order valence-electron chi connectivity index (χ0n) is 12.9. The first-order valence-corrected chi connectivity index (χ1v) is 8.52. The summed E-state index contributed by atoms with van der Waals surface area (Å²) < 4.78 is 8.41. The second kappa shape index (κ2) is 7.38. The fraction of sp³-hybridized carbons (Fsp3) is 0.176. The van der Waals surface area contributed by atoms with Crippen molar-refractivity contribution < 1.29 is 4.74 Å². The van der Waals surface area contributed by atoms with Crippen molar-refractivity contribution in [1.82, 2.24) is 14.8 Å². The number of benzene rings is 2. The quantitative estimate of drug-likeness (QED) is 0.600. The number of hydrogen-bond donors (Lipinski definition) is 1. The Labute approximate surface area is 155 Å². The van der Waals surface area contributed by atoms with Gasteiger partial charge in [0.05, 0.1) is 16.6 Å². The fourth-order valence-electron chi connectivity index (χ4n) is 2.37. The van der Waals surface area contributed by atoms with Gasteiger partial charge in [0.1, 0.15) is 5.75 Å². The number of aromatic nitrogens is 3. The molecule has 0 saturated heterocycles. The molecule has 1 N–H and O–H groups in total. The first kappa shape index (κ1) is 17.0. The molecule has 1 heterocycles. The lowest BCUT2D eigenvalue weighted by Gasteiger charge is -2.16. The molecule has 0 saturated carbocycles. The summed E-state index contributed by atoms with van der Waals surface area (Å²) in [6.45, 7) is 2.54. The summed E-state index contributed by atoms with van der Waals surface area (Å²) in [5, 5.41) is 8.08. The van der Waals surface area contributed by atoms with E-state index in [0.717, 1.165) is 11.4 Å². The van der Waals surface area contributed by atoms with Crippen LogP contribution >= 0.6 is 35.4 Å². The molecule has 0 aliphatic carbocycles. The summed E-state index contributed by atoms with van der Waals surface area (Å²) in [6, 6.07) is 15.2. The highest BCUT2D eigenvalue weighted by atomic mass is 35.5. The minimum absolute atomic E-state index is 0.307. The third-order valence-corrected chi connectivity index (χ3v) is 4.59. The van der Waals surface area contributed by atoms with Crippen molar-refractivity contribution in [3.63, 3.8) is 0 Å². The van der Waals surface area contributed by atoms with Gasteiger partial charge in [-0.25, -0.2) is 0 Å². The summed E-state index contributed by atoms with van der Waals surface area (Å²) in [6.07, 6.45) is -0.307. The Bertz CT molecular complexity index is 892. The topological polar surface area (TPSA) is 42.8 Å². The van der Waals surface area contributed by atoms with Gasteiger partial charge in [-0.05, 0) is 36.8 Å². The number of H-pyrrole nitrogens is 1. The highest BCUT2D eigenvalue weighted by Crippen LogP contribution is 2.29. The van der Waals surface area contributed by atoms with E-state index in [-0.39, 0.29) is 6.10 Å². The molecule has 0 radical (unpaired) electrons. The average molecular weight is 380 g/mol. The van der Waals surface area contributed by atoms with Crippen LogP contribution in [0, 0.1) is 4.77 Å². The second-order valence-corrected chi connectivity index (χ2v) is 6.50. The summed E-state index contributed by atoms with van der Waals surface area (Å²) >= 11 is 17.3. The number of hydrogen-bond acceptors (Lipinski definition) is 3. The molecule has 0 fully saturated rings. The molecular formula is C17H15Cl2N3OS. The fourth-order valence-corrected chi connectivity index (χ4v) is 2.86. The molecule has 3 aromatic rings. The van der Waals surface area contributed by atoms with E-state index in [2.05, 4.69) is 10.2 Å². The van der Waals surface area contributed by atoms with Crippen LogP contribution in [-0.2, 0) is 6.54 Å². The molecule has 1 unspecified atom stereocenters. The maximum absolute atomic E-state index is 6.03. The number of halogens is 2. The van der Waals surface area contributed by atoms with E-state index in [0.29, 0.717) is 27.1 Å². The van der Waals surface area contributed by atoms with Gasteiger partial charge in [-0.15, -0.1) is 0 Å². The third kappa shape index (κ3) is 3.80. The Morgan fingerprint density at radius 2 is 1.92 bits per heavy atom. The van der Waals surface area contributed by atoms with Crippen molar-refractivity contribution in [3.8, 4) is 5.75 Å². The molecule has 2 aromatic carbocycles. The number of nitrogens with one attached hydrogen (secondary N) is 1. The minimum atomic E-state index is -0.307. The highest BCUT2D eigenvalue weighted by molar-refractivity contribution is 7.71. The standard InChI is InChI=1S/C17H15Cl2N3OS/c1-11(23-13-7-8-14(18)15(19)9-13)16-20-21-17(24)22(16)10-12-5-3-2-4-6-12/h2-9,11H,10H2,1H3,(H,21,24). The van der Waals surface area contributed by atoms with E-state index in [1.54, 1.807) is 18.2 Å². The van der Waals surface area contributed by atoms with E-state index in [4.69, 9.17) is 40.2 Å². The SMILES string of the molecule is CC(Oc1ccc(Cl)c(Cl)c1)c1n[nH]c(=S)n1Cc1ccccc1. The van der Waals surface area contributed by atoms with Crippen molar-refractivity contribution in [1.29, 1.82) is 0 Å². The Morgan fingerprint density at radius 3 is 2.62 bits per heavy atom. The van der Waals surface area contributed by atoms with E-state index in [1.165, 1.54) is 0 Å². The first-order valence-electron chi connectivity index (χ1n) is 7.35. The zero-order valence-corrected chi connectivity index (χ0v) is 15.2. The molecule has 0 bridgehead atoms. The average Bonchev–Trinajstić information content (AvgIpc) is 2.93. The predicted molar refractivity (Wildman–Crippen MR) is 98.5 cm³/mol. The van der Waals surface area contributed by atoms with Gasteiger partial charge < -0.3 is 4.74 Å². The van der Waals surface area contributed by atoms with Gasteiger partial charge in [0, 0.05) is 6.07 Å². The second-order valence-electron chi connectivity index (χ2n) is 5.29. The molecule has 3 rings (SSSR count). The lowest BCUT2D eigenvalue weighted by Crippen LogP contribution is -2.13. The minimum Gasteiger partial charge on any atom is -0.483 e. The van der Waals surface area contributed by atoms with E-state index in [1.807, 2.05) is 41.8 Å². The largest absolute Gasteiger partial charge is 0.483 e. The van der Waals surface area contributed by atoms with E-state index < -0.39 is 0 Å². The Hall–Kier alpha value is -1.82. The highest BCUT2D eigenvalue weighted by Gasteiger charge is 2.16. The Balaban J connectivity index is 1.83. The number of aromatic amines is 1. The van der Waals surface area contributed by atoms with Crippen molar-refractivity contribution in [2.45, 2.75) is 19.6 Å². The first-order chi connectivity index (χ1) is 11.5. The molecule has 4 nitrogen and oxygen atoms in total. The van der Waals surface area contributed by atoms with Gasteiger partial charge in [0.25, 0.3) is 0 Å². The molecule has 1 atom stereocenters. The van der Waals surface area contributed by atoms with Gasteiger partial charge in [0.15, 0.2) is 16.7 Å². The van der Waals surface area contributed by atoms with E-state index in [9.17, 15) is 0 Å². The number of ether oxygens (including phenoxy) is 1.